The summed E-state index contributed by atoms with van der Waals surface area (Å²) in [5.41, 5.74) is 0. The van der Waals surface area contributed by atoms with E-state index in [0.29, 0.717) is 12.1 Å². The molecule has 7 heteroatoms. The van der Waals surface area contributed by atoms with Crippen molar-refractivity contribution in [1.29, 1.82) is 0 Å². The van der Waals surface area contributed by atoms with E-state index < -0.39 is 18.6 Å². The predicted octanol–water partition coefficient (Wildman–Crippen LogP) is 1.27. The highest BCUT2D eigenvalue weighted by Crippen LogP contribution is 2.32. The smallest absolute Gasteiger partial charge is 0.346 e. The fraction of sp³-hybridized carbons (Fsp3) is 0.923. The van der Waals surface area contributed by atoms with Crippen LogP contribution in [0.15, 0.2) is 0 Å². The van der Waals surface area contributed by atoms with E-state index in [1.165, 1.54) is 19.3 Å². The van der Waals surface area contributed by atoms with E-state index in [0.717, 1.165) is 12.8 Å². The Morgan fingerprint density at radius 2 is 1.85 bits per heavy atom. The van der Waals surface area contributed by atoms with E-state index in [-0.39, 0.29) is 12.6 Å². The van der Waals surface area contributed by atoms with Gasteiger partial charge >= 0.3 is 6.18 Å². The van der Waals surface area contributed by atoms with Crippen molar-refractivity contribution in [3.8, 4) is 0 Å². The van der Waals surface area contributed by atoms with Crippen LogP contribution in [0.2, 0.25) is 0 Å². The molecule has 0 aromatic heterocycles. The van der Waals surface area contributed by atoms with Crippen molar-refractivity contribution in [2.75, 3.05) is 20.1 Å². The summed E-state index contributed by atoms with van der Waals surface area (Å²) < 4.78 is 35.9. The summed E-state index contributed by atoms with van der Waals surface area (Å²) in [7, 11) is 2.14. The minimum absolute atomic E-state index is 0.0378. The van der Waals surface area contributed by atoms with Crippen LogP contribution in [0.1, 0.15) is 32.1 Å². The molecule has 2 rings (SSSR count). The molecule has 0 spiro atoms. The van der Waals surface area contributed by atoms with E-state index in [4.69, 9.17) is 0 Å². The highest BCUT2D eigenvalue weighted by atomic mass is 19.4. The molecule has 0 aromatic carbocycles. The van der Waals surface area contributed by atoms with Gasteiger partial charge in [0, 0.05) is 18.1 Å². The van der Waals surface area contributed by atoms with Crippen molar-refractivity contribution in [3.05, 3.63) is 0 Å². The Labute approximate surface area is 117 Å². The highest BCUT2D eigenvalue weighted by Gasteiger charge is 2.35. The summed E-state index contributed by atoms with van der Waals surface area (Å²) in [6, 6.07) is 1.31. The SMILES string of the molecule is CN1C2CCCC1CC(NCC(=O)NCC(F)(F)F)C2. The molecule has 0 aromatic rings. The number of hydrogen-bond acceptors (Lipinski definition) is 3. The number of piperidine rings is 2. The van der Waals surface area contributed by atoms with E-state index in [2.05, 4.69) is 17.3 Å². The van der Waals surface area contributed by atoms with Crippen LogP contribution in [0.3, 0.4) is 0 Å². The van der Waals surface area contributed by atoms with Gasteiger partial charge in [0.2, 0.25) is 5.91 Å². The molecule has 116 valence electrons. The lowest BCUT2D eigenvalue weighted by Crippen LogP contribution is -2.55. The van der Waals surface area contributed by atoms with Gasteiger partial charge in [-0.25, -0.2) is 0 Å². The normalized spacial score (nSPS) is 31.1. The number of halogens is 3. The summed E-state index contributed by atoms with van der Waals surface area (Å²) in [6.07, 6.45) is 1.19. The number of nitrogens with one attached hydrogen (secondary N) is 2. The third-order valence-corrected chi connectivity index (χ3v) is 4.38. The first-order chi connectivity index (χ1) is 9.35. The first kappa shape index (κ1) is 15.6. The highest BCUT2D eigenvalue weighted by molar-refractivity contribution is 5.78. The Kier molecular flexibility index (Phi) is 4.90. The monoisotopic (exact) mass is 293 g/mol. The minimum atomic E-state index is -4.35. The van der Waals surface area contributed by atoms with E-state index >= 15 is 0 Å². The van der Waals surface area contributed by atoms with Crippen molar-refractivity contribution in [2.45, 2.75) is 56.4 Å². The molecule has 20 heavy (non-hydrogen) atoms. The second-order valence-electron chi connectivity index (χ2n) is 5.85. The molecule has 1 amide bonds. The van der Waals surface area contributed by atoms with Gasteiger partial charge in [0.25, 0.3) is 0 Å². The van der Waals surface area contributed by atoms with Gasteiger partial charge in [-0.05, 0) is 32.7 Å². The molecular weight excluding hydrogens is 271 g/mol. The first-order valence-corrected chi connectivity index (χ1v) is 7.14. The van der Waals surface area contributed by atoms with Gasteiger partial charge in [-0.2, -0.15) is 13.2 Å². The Bertz CT molecular complexity index is 334. The molecule has 4 nitrogen and oxygen atoms in total. The molecule has 2 bridgehead atoms. The number of alkyl halides is 3. The number of hydrogen-bond donors (Lipinski definition) is 2. The largest absolute Gasteiger partial charge is 0.405 e. The van der Waals surface area contributed by atoms with Gasteiger partial charge in [-0.1, -0.05) is 6.42 Å². The summed E-state index contributed by atoms with van der Waals surface area (Å²) >= 11 is 0. The van der Waals surface area contributed by atoms with Gasteiger partial charge in [0.15, 0.2) is 0 Å². The fourth-order valence-electron chi connectivity index (χ4n) is 3.28. The molecule has 2 unspecified atom stereocenters. The van der Waals surface area contributed by atoms with Gasteiger partial charge in [-0.3, -0.25) is 4.79 Å². The van der Waals surface area contributed by atoms with E-state index in [1.807, 2.05) is 5.32 Å². The Hall–Kier alpha value is -0.820. The van der Waals surface area contributed by atoms with Crippen LogP contribution in [0.5, 0.6) is 0 Å². The van der Waals surface area contributed by atoms with Crippen molar-refractivity contribution in [1.82, 2.24) is 15.5 Å². The molecule has 2 saturated heterocycles. The molecule has 2 atom stereocenters. The fourth-order valence-corrected chi connectivity index (χ4v) is 3.28. The van der Waals surface area contributed by atoms with Crippen LogP contribution in [-0.2, 0) is 4.79 Å². The molecule has 0 saturated carbocycles. The van der Waals surface area contributed by atoms with Crippen LogP contribution in [0.4, 0.5) is 13.2 Å². The van der Waals surface area contributed by atoms with Gasteiger partial charge in [-0.15, -0.1) is 0 Å². The zero-order chi connectivity index (χ0) is 14.8. The number of nitrogens with zero attached hydrogens (tertiary/aromatic N) is 1. The molecule has 2 aliphatic rings. The molecule has 0 radical (unpaired) electrons. The standard InChI is InChI=1S/C13H22F3N3O/c1-19-10-3-2-4-11(19)6-9(5-10)17-7-12(20)18-8-13(14,15)16/h9-11,17H,2-8H2,1H3,(H,18,20). The van der Waals surface area contributed by atoms with Crippen LogP contribution in [0, 0.1) is 0 Å². The van der Waals surface area contributed by atoms with Crippen LogP contribution in [0.25, 0.3) is 0 Å². The molecule has 2 aliphatic heterocycles. The Balaban J connectivity index is 1.71. The predicted molar refractivity (Wildman–Crippen MR) is 69.3 cm³/mol. The lowest BCUT2D eigenvalue weighted by molar-refractivity contribution is -0.138. The average molecular weight is 293 g/mol. The number of rotatable bonds is 4. The lowest BCUT2D eigenvalue weighted by atomic mass is 9.82. The summed E-state index contributed by atoms with van der Waals surface area (Å²) in [5, 5.41) is 4.99. The number of carbonyl (C=O) groups is 1. The maximum absolute atomic E-state index is 12.0. The summed E-state index contributed by atoms with van der Waals surface area (Å²) in [4.78, 5) is 13.8. The van der Waals surface area contributed by atoms with Crippen LogP contribution >= 0.6 is 0 Å². The molecular formula is C13H22F3N3O. The van der Waals surface area contributed by atoms with Crippen LogP contribution < -0.4 is 10.6 Å². The second kappa shape index (κ2) is 6.30. The zero-order valence-electron chi connectivity index (χ0n) is 11.7. The Morgan fingerprint density at radius 1 is 1.25 bits per heavy atom. The Morgan fingerprint density at radius 3 is 2.40 bits per heavy atom. The topological polar surface area (TPSA) is 44.4 Å². The quantitative estimate of drug-likeness (QED) is 0.820. The van der Waals surface area contributed by atoms with Gasteiger partial charge < -0.3 is 15.5 Å². The van der Waals surface area contributed by atoms with Gasteiger partial charge in [0.1, 0.15) is 6.54 Å². The molecule has 2 N–H and O–H groups in total. The van der Waals surface area contributed by atoms with Crippen molar-refractivity contribution < 1.29 is 18.0 Å². The zero-order valence-corrected chi connectivity index (χ0v) is 11.7. The van der Waals surface area contributed by atoms with Crippen molar-refractivity contribution in [3.63, 3.8) is 0 Å². The summed E-state index contributed by atoms with van der Waals surface area (Å²) in [6.45, 7) is -1.30. The number of amides is 1. The maximum atomic E-state index is 12.0. The molecule has 2 fully saturated rings. The molecule has 0 aliphatic carbocycles. The van der Waals surface area contributed by atoms with E-state index in [9.17, 15) is 18.0 Å². The minimum Gasteiger partial charge on any atom is -0.346 e. The number of fused-ring (bicyclic) bond motifs is 2. The van der Waals surface area contributed by atoms with Gasteiger partial charge in [0.05, 0.1) is 6.54 Å². The first-order valence-electron chi connectivity index (χ1n) is 7.14. The molecule has 2 heterocycles. The average Bonchev–Trinajstić information content (AvgIpc) is 2.33. The summed E-state index contributed by atoms with van der Waals surface area (Å²) in [5.74, 6) is -0.591. The van der Waals surface area contributed by atoms with Crippen molar-refractivity contribution >= 4 is 5.91 Å². The number of carbonyl (C=O) groups excluding carboxylic acids is 1. The third-order valence-electron chi connectivity index (χ3n) is 4.38. The lowest BCUT2D eigenvalue weighted by Gasteiger charge is -2.47. The van der Waals surface area contributed by atoms with Crippen molar-refractivity contribution in [2.24, 2.45) is 0 Å². The second-order valence-corrected chi connectivity index (χ2v) is 5.85. The van der Waals surface area contributed by atoms with Crippen LogP contribution in [-0.4, -0.2) is 55.2 Å². The maximum Gasteiger partial charge on any atom is 0.405 e. The third kappa shape index (κ3) is 4.34. The van der Waals surface area contributed by atoms with E-state index in [1.54, 1.807) is 0 Å².